The molecule has 0 spiro atoms. The fourth-order valence-corrected chi connectivity index (χ4v) is 0.279. The van der Waals surface area contributed by atoms with Crippen LogP contribution in [0.2, 0.25) is 0 Å². The van der Waals surface area contributed by atoms with E-state index in [2.05, 4.69) is 10.7 Å². The minimum atomic E-state index is 0.856. The summed E-state index contributed by atoms with van der Waals surface area (Å²) < 4.78 is 4.72. The lowest BCUT2D eigenvalue weighted by Crippen LogP contribution is -1.69. The van der Waals surface area contributed by atoms with Gasteiger partial charge in [-0.3, -0.25) is 0 Å². The second-order valence-corrected chi connectivity index (χ2v) is 1.11. The highest BCUT2D eigenvalue weighted by molar-refractivity contribution is 4.80. The number of oxazole rings is 1. The minimum Gasteiger partial charge on any atom is -0.449 e. The van der Waals surface area contributed by atoms with Gasteiger partial charge in [0.05, 0.1) is 6.20 Å². The summed E-state index contributed by atoms with van der Waals surface area (Å²) in [5.41, 5.74) is 4.50. The molecule has 0 radical (unpaired) electrons. The van der Waals surface area contributed by atoms with E-state index >= 15 is 0 Å². The van der Waals surface area contributed by atoms with Gasteiger partial charge in [0, 0.05) is 0 Å². The maximum absolute atomic E-state index is 4.72. The molecule has 8 heavy (non-hydrogen) atoms. The van der Waals surface area contributed by atoms with Gasteiger partial charge in [-0.05, 0) is 14.0 Å². The lowest BCUT2D eigenvalue weighted by atomic mass is 10.6. The molecule has 1 aromatic heterocycles. The van der Waals surface area contributed by atoms with Crippen LogP contribution in [0, 0.1) is 6.92 Å². The van der Waals surface area contributed by atoms with Crippen LogP contribution in [0.3, 0.4) is 0 Å². The Morgan fingerprint density at radius 2 is 2.25 bits per heavy atom. The summed E-state index contributed by atoms with van der Waals surface area (Å²) >= 11 is 0. The van der Waals surface area contributed by atoms with Gasteiger partial charge in [-0.1, -0.05) is 0 Å². The molecule has 3 nitrogen and oxygen atoms in total. The van der Waals surface area contributed by atoms with Crippen molar-refractivity contribution in [3.05, 3.63) is 18.4 Å². The van der Waals surface area contributed by atoms with Crippen molar-refractivity contribution in [3.63, 3.8) is 0 Å². The Morgan fingerprint density at radius 3 is 2.38 bits per heavy atom. The normalized spacial score (nSPS) is 7.38. The maximum atomic E-state index is 4.72. The minimum absolute atomic E-state index is 0.856. The number of hydrogen-bond donors (Lipinski definition) is 1. The molecule has 0 unspecified atom stereocenters. The molecule has 1 rings (SSSR count). The van der Waals surface area contributed by atoms with Gasteiger partial charge in [0.2, 0.25) is 0 Å². The molecule has 0 saturated carbocycles. The maximum Gasteiger partial charge on any atom is 0.180 e. The summed E-state index contributed by atoms with van der Waals surface area (Å²) in [5, 5.41) is 0. The van der Waals surface area contributed by atoms with E-state index in [0.29, 0.717) is 0 Å². The number of rotatable bonds is 0. The monoisotopic (exact) mass is 114 g/mol. The Morgan fingerprint density at radius 1 is 1.62 bits per heavy atom. The average Bonchev–Trinajstić information content (AvgIpc) is 2.24. The van der Waals surface area contributed by atoms with Crippen molar-refractivity contribution in [1.29, 1.82) is 0 Å². The number of hydrogen-bond acceptors (Lipinski definition) is 3. The molecule has 46 valence electrons. The molecule has 2 N–H and O–H groups in total. The molecule has 0 aliphatic heterocycles. The van der Waals surface area contributed by atoms with E-state index in [1.807, 2.05) is 6.92 Å². The van der Waals surface area contributed by atoms with Gasteiger partial charge >= 0.3 is 0 Å². The fourth-order valence-electron chi connectivity index (χ4n) is 0.279. The van der Waals surface area contributed by atoms with Gasteiger partial charge in [0.15, 0.2) is 6.39 Å². The lowest BCUT2D eigenvalue weighted by molar-refractivity contribution is 0.527. The van der Waals surface area contributed by atoms with E-state index in [0.717, 1.165) is 5.76 Å². The Bertz CT molecular complexity index is 114. The largest absolute Gasteiger partial charge is 0.449 e. The predicted octanol–water partition coefficient (Wildman–Crippen LogP) is 0.558. The third-order valence-electron chi connectivity index (χ3n) is 0.556. The van der Waals surface area contributed by atoms with Gasteiger partial charge in [-0.25, -0.2) is 4.98 Å². The van der Waals surface area contributed by atoms with Crippen LogP contribution in [0.5, 0.6) is 0 Å². The van der Waals surface area contributed by atoms with Gasteiger partial charge < -0.3 is 10.2 Å². The molecule has 0 atom stereocenters. The molecule has 0 aliphatic carbocycles. The Hall–Kier alpha value is -0.830. The van der Waals surface area contributed by atoms with Crippen LogP contribution >= 0.6 is 0 Å². The molecule has 0 bridgehead atoms. The van der Waals surface area contributed by atoms with E-state index < -0.39 is 0 Å². The third kappa shape index (κ3) is 2.36. The SMILES string of the molecule is CN.Cc1cnco1. The Balaban J connectivity index is 0.000000222. The van der Waals surface area contributed by atoms with Crippen LogP contribution in [-0.2, 0) is 0 Å². The van der Waals surface area contributed by atoms with Crippen LogP contribution in [0.4, 0.5) is 0 Å². The van der Waals surface area contributed by atoms with Crippen LogP contribution in [0.15, 0.2) is 17.0 Å². The summed E-state index contributed by atoms with van der Waals surface area (Å²) in [6.07, 6.45) is 3.08. The highest BCUT2D eigenvalue weighted by Crippen LogP contribution is 1.88. The van der Waals surface area contributed by atoms with Crippen LogP contribution in [0.25, 0.3) is 0 Å². The smallest absolute Gasteiger partial charge is 0.180 e. The third-order valence-corrected chi connectivity index (χ3v) is 0.556. The van der Waals surface area contributed by atoms with E-state index in [1.165, 1.54) is 13.4 Å². The molecule has 1 heterocycles. The van der Waals surface area contributed by atoms with Crippen molar-refractivity contribution in [2.24, 2.45) is 5.73 Å². The number of nitrogens with two attached hydrogens (primary N) is 1. The van der Waals surface area contributed by atoms with Crippen molar-refractivity contribution < 1.29 is 4.42 Å². The summed E-state index contributed by atoms with van der Waals surface area (Å²) in [4.78, 5) is 3.66. The van der Waals surface area contributed by atoms with E-state index in [9.17, 15) is 0 Å². The molecule has 0 aliphatic rings. The Kier molecular flexibility index (Phi) is 3.88. The molecule has 1 aromatic rings. The first kappa shape index (κ1) is 7.17. The molecular weight excluding hydrogens is 104 g/mol. The van der Waals surface area contributed by atoms with Gasteiger partial charge in [-0.2, -0.15) is 0 Å². The fraction of sp³-hybridized carbons (Fsp3) is 0.400. The first-order valence-corrected chi connectivity index (χ1v) is 2.32. The zero-order valence-electron chi connectivity index (χ0n) is 5.09. The number of nitrogens with zero attached hydrogens (tertiary/aromatic N) is 1. The summed E-state index contributed by atoms with van der Waals surface area (Å²) in [7, 11) is 1.50. The van der Waals surface area contributed by atoms with Crippen molar-refractivity contribution >= 4 is 0 Å². The number of aromatic nitrogens is 1. The lowest BCUT2D eigenvalue weighted by Gasteiger charge is -1.66. The second-order valence-electron chi connectivity index (χ2n) is 1.11. The topological polar surface area (TPSA) is 52.0 Å². The second kappa shape index (κ2) is 4.33. The standard InChI is InChI=1S/C4H5NO.CH5N/c1-4-2-5-3-6-4;1-2/h2-3H,1H3;2H2,1H3. The molecule has 0 saturated heterocycles. The number of aryl methyl sites for hydroxylation is 1. The quantitative estimate of drug-likeness (QED) is 0.536. The zero-order valence-corrected chi connectivity index (χ0v) is 5.09. The Labute approximate surface area is 48.5 Å². The van der Waals surface area contributed by atoms with Crippen molar-refractivity contribution in [2.45, 2.75) is 6.92 Å². The van der Waals surface area contributed by atoms with Crippen molar-refractivity contribution in [1.82, 2.24) is 4.98 Å². The van der Waals surface area contributed by atoms with Crippen LogP contribution < -0.4 is 5.73 Å². The van der Waals surface area contributed by atoms with Crippen molar-refractivity contribution in [2.75, 3.05) is 7.05 Å². The van der Waals surface area contributed by atoms with Crippen LogP contribution in [-0.4, -0.2) is 12.0 Å². The molecule has 3 heteroatoms. The van der Waals surface area contributed by atoms with E-state index in [4.69, 9.17) is 4.42 Å². The zero-order chi connectivity index (χ0) is 6.41. The van der Waals surface area contributed by atoms with Gasteiger partial charge in [-0.15, -0.1) is 0 Å². The first-order valence-electron chi connectivity index (χ1n) is 2.32. The summed E-state index contributed by atoms with van der Waals surface area (Å²) in [6, 6.07) is 0. The highest BCUT2D eigenvalue weighted by atomic mass is 16.3. The van der Waals surface area contributed by atoms with Gasteiger partial charge in [0.1, 0.15) is 5.76 Å². The van der Waals surface area contributed by atoms with E-state index in [1.54, 1.807) is 6.20 Å². The molecular formula is C5H10N2O. The molecule has 0 fully saturated rings. The summed E-state index contributed by atoms with van der Waals surface area (Å²) in [6.45, 7) is 1.85. The highest BCUT2D eigenvalue weighted by Gasteiger charge is 1.77. The average molecular weight is 114 g/mol. The van der Waals surface area contributed by atoms with Gasteiger partial charge in [0.25, 0.3) is 0 Å². The predicted molar refractivity (Wildman–Crippen MR) is 31.4 cm³/mol. The van der Waals surface area contributed by atoms with Crippen LogP contribution in [0.1, 0.15) is 5.76 Å². The molecule has 0 aromatic carbocycles. The van der Waals surface area contributed by atoms with Crippen molar-refractivity contribution in [3.8, 4) is 0 Å². The first-order chi connectivity index (χ1) is 3.89. The summed E-state index contributed by atoms with van der Waals surface area (Å²) in [5.74, 6) is 0.856. The van der Waals surface area contributed by atoms with E-state index in [-0.39, 0.29) is 0 Å². The molecule has 0 amide bonds.